The molecule has 1 atom stereocenters. The first-order valence-electron chi connectivity index (χ1n) is 8.74. The summed E-state index contributed by atoms with van der Waals surface area (Å²) in [6.45, 7) is 5.68. The van der Waals surface area contributed by atoms with Crippen LogP contribution in [0.15, 0.2) is 64.4 Å². The lowest BCUT2D eigenvalue weighted by molar-refractivity contribution is -0.115. The molecule has 3 rings (SSSR count). The van der Waals surface area contributed by atoms with E-state index in [4.69, 9.17) is 11.6 Å². The average Bonchev–Trinajstić information content (AvgIpc) is 2.67. The Bertz CT molecular complexity index is 1060. The fourth-order valence-corrected chi connectivity index (χ4v) is 3.45. The van der Waals surface area contributed by atoms with Crippen molar-refractivity contribution >= 4 is 35.0 Å². The van der Waals surface area contributed by atoms with Gasteiger partial charge in [0, 0.05) is 16.8 Å². The predicted octanol–water partition coefficient (Wildman–Crippen LogP) is 4.62. The maximum absolute atomic E-state index is 12.5. The highest BCUT2D eigenvalue weighted by Crippen LogP contribution is 2.23. The molecule has 0 aliphatic heterocycles. The molecule has 28 heavy (non-hydrogen) atoms. The normalized spacial score (nSPS) is 11.9. The molecule has 0 saturated heterocycles. The van der Waals surface area contributed by atoms with E-state index in [0.29, 0.717) is 15.7 Å². The largest absolute Gasteiger partial charge is 0.325 e. The molecular weight excluding hydrogens is 394 g/mol. The zero-order valence-electron chi connectivity index (χ0n) is 15.8. The average molecular weight is 414 g/mol. The van der Waals surface area contributed by atoms with Crippen LogP contribution in [0.5, 0.6) is 0 Å². The third kappa shape index (κ3) is 4.82. The van der Waals surface area contributed by atoms with E-state index >= 15 is 0 Å². The molecule has 0 unspecified atom stereocenters. The van der Waals surface area contributed by atoms with Crippen molar-refractivity contribution in [2.45, 2.75) is 31.0 Å². The summed E-state index contributed by atoms with van der Waals surface area (Å²) >= 11 is 7.45. The molecular formula is C21H20ClN3O2S. The van der Waals surface area contributed by atoms with Crippen LogP contribution in [0.4, 0.5) is 5.69 Å². The fourth-order valence-electron chi connectivity index (χ4n) is 2.47. The van der Waals surface area contributed by atoms with Crippen molar-refractivity contribution in [2.24, 2.45) is 0 Å². The summed E-state index contributed by atoms with van der Waals surface area (Å²) in [5, 5.41) is 8.02. The van der Waals surface area contributed by atoms with Gasteiger partial charge in [0.15, 0.2) is 0 Å². The number of amides is 1. The lowest BCUT2D eigenvalue weighted by atomic mass is 10.2. The first-order valence-corrected chi connectivity index (χ1v) is 10.0. The van der Waals surface area contributed by atoms with E-state index in [1.165, 1.54) is 22.5 Å². The number of rotatable bonds is 5. The van der Waals surface area contributed by atoms with Gasteiger partial charge in [-0.1, -0.05) is 47.1 Å². The summed E-state index contributed by atoms with van der Waals surface area (Å²) in [6.07, 6.45) is 0. The van der Waals surface area contributed by atoms with Crippen molar-refractivity contribution in [3.63, 3.8) is 0 Å². The van der Waals surface area contributed by atoms with Crippen molar-refractivity contribution < 1.29 is 4.79 Å². The number of thioether (sulfide) groups is 1. The van der Waals surface area contributed by atoms with E-state index in [1.807, 2.05) is 44.2 Å². The summed E-state index contributed by atoms with van der Waals surface area (Å²) in [4.78, 5) is 24.7. The molecule has 1 aromatic heterocycles. The lowest BCUT2D eigenvalue weighted by Crippen LogP contribution is -2.24. The Hall–Kier alpha value is -2.57. The number of aromatic nitrogens is 2. The van der Waals surface area contributed by atoms with Crippen LogP contribution in [0.1, 0.15) is 18.1 Å². The van der Waals surface area contributed by atoms with E-state index in [-0.39, 0.29) is 16.7 Å². The lowest BCUT2D eigenvalue weighted by Gasteiger charge is -2.13. The highest BCUT2D eigenvalue weighted by molar-refractivity contribution is 8.00. The summed E-state index contributed by atoms with van der Waals surface area (Å²) in [6, 6.07) is 16.0. The Morgan fingerprint density at radius 2 is 1.82 bits per heavy atom. The van der Waals surface area contributed by atoms with E-state index < -0.39 is 0 Å². The number of nitrogens with one attached hydrogen (secondary N) is 1. The van der Waals surface area contributed by atoms with Gasteiger partial charge in [-0.2, -0.15) is 9.78 Å². The fraction of sp³-hybridized carbons (Fsp3) is 0.190. The van der Waals surface area contributed by atoms with Crippen molar-refractivity contribution in [2.75, 3.05) is 5.32 Å². The topological polar surface area (TPSA) is 64.0 Å². The maximum Gasteiger partial charge on any atom is 0.271 e. The third-order valence-corrected chi connectivity index (χ3v) is 5.60. The van der Waals surface area contributed by atoms with E-state index in [9.17, 15) is 9.59 Å². The molecule has 1 N–H and O–H groups in total. The molecule has 0 fully saturated rings. The molecule has 0 bridgehead atoms. The number of hydrogen-bond acceptors (Lipinski definition) is 4. The molecule has 1 heterocycles. The molecule has 2 aromatic carbocycles. The first-order chi connectivity index (χ1) is 13.3. The maximum atomic E-state index is 12.5. The molecule has 0 saturated carbocycles. The van der Waals surface area contributed by atoms with Crippen LogP contribution in [0.2, 0.25) is 5.02 Å². The van der Waals surface area contributed by atoms with E-state index in [1.54, 1.807) is 25.1 Å². The van der Waals surface area contributed by atoms with E-state index in [2.05, 4.69) is 10.4 Å². The van der Waals surface area contributed by atoms with Gasteiger partial charge in [0.2, 0.25) is 5.91 Å². The SMILES string of the molecule is Cc1ccc(NC(=O)[C@H](C)Sc2ccc(=O)n(-c3ccc(C)c(Cl)c3)n2)cc1. The van der Waals surface area contributed by atoms with Crippen molar-refractivity contribution in [1.82, 2.24) is 9.78 Å². The Morgan fingerprint density at radius 3 is 2.50 bits per heavy atom. The number of benzene rings is 2. The van der Waals surface area contributed by atoms with Gasteiger partial charge in [0.25, 0.3) is 5.56 Å². The van der Waals surface area contributed by atoms with Crippen LogP contribution >= 0.6 is 23.4 Å². The minimum absolute atomic E-state index is 0.133. The van der Waals surface area contributed by atoms with Gasteiger partial charge in [-0.15, -0.1) is 0 Å². The smallest absolute Gasteiger partial charge is 0.271 e. The van der Waals surface area contributed by atoms with Crippen LogP contribution < -0.4 is 10.9 Å². The number of anilines is 1. The van der Waals surface area contributed by atoms with Gasteiger partial charge in [0.1, 0.15) is 5.03 Å². The second kappa shape index (κ2) is 8.63. The molecule has 3 aromatic rings. The quantitative estimate of drug-likeness (QED) is 0.620. The zero-order valence-corrected chi connectivity index (χ0v) is 17.3. The van der Waals surface area contributed by atoms with Crippen molar-refractivity contribution in [3.05, 3.63) is 81.1 Å². The Labute approximate surface area is 172 Å². The van der Waals surface area contributed by atoms with Gasteiger partial charge in [-0.05, 0) is 56.7 Å². The van der Waals surface area contributed by atoms with Gasteiger partial charge in [-0.25, -0.2) is 0 Å². The van der Waals surface area contributed by atoms with Gasteiger partial charge >= 0.3 is 0 Å². The van der Waals surface area contributed by atoms with Crippen LogP contribution in [0, 0.1) is 13.8 Å². The molecule has 7 heteroatoms. The highest BCUT2D eigenvalue weighted by Gasteiger charge is 2.16. The summed E-state index contributed by atoms with van der Waals surface area (Å²) in [5.74, 6) is -0.133. The summed E-state index contributed by atoms with van der Waals surface area (Å²) in [5.41, 5.74) is 3.12. The van der Waals surface area contributed by atoms with E-state index in [0.717, 1.165) is 16.8 Å². The Kier molecular flexibility index (Phi) is 6.21. The molecule has 144 valence electrons. The zero-order chi connectivity index (χ0) is 20.3. The van der Waals surface area contributed by atoms with Crippen molar-refractivity contribution in [1.29, 1.82) is 0 Å². The molecule has 0 aliphatic carbocycles. The minimum atomic E-state index is -0.388. The van der Waals surface area contributed by atoms with Gasteiger partial charge < -0.3 is 5.32 Å². The Balaban J connectivity index is 1.76. The standard InChI is InChI=1S/C21H20ClN3O2S/c1-13-4-7-16(8-5-13)23-21(27)15(3)28-19-10-11-20(26)25(24-19)17-9-6-14(2)18(22)12-17/h4-12,15H,1-3H3,(H,23,27)/t15-/m0/s1. The molecule has 1 amide bonds. The number of carbonyl (C=O) groups is 1. The third-order valence-electron chi connectivity index (χ3n) is 4.16. The van der Waals surface area contributed by atoms with Gasteiger partial charge in [0.05, 0.1) is 10.9 Å². The predicted molar refractivity (Wildman–Crippen MR) is 115 cm³/mol. The summed E-state index contributed by atoms with van der Waals surface area (Å²) in [7, 11) is 0. The van der Waals surface area contributed by atoms with Crippen LogP contribution in [0.25, 0.3) is 5.69 Å². The van der Waals surface area contributed by atoms with Crippen molar-refractivity contribution in [3.8, 4) is 5.69 Å². The number of hydrogen-bond donors (Lipinski definition) is 1. The first kappa shape index (κ1) is 20.2. The number of halogens is 1. The minimum Gasteiger partial charge on any atom is -0.325 e. The second-order valence-electron chi connectivity index (χ2n) is 6.47. The number of aryl methyl sites for hydroxylation is 2. The molecule has 0 radical (unpaired) electrons. The molecule has 0 aliphatic rings. The van der Waals surface area contributed by atoms with Crippen LogP contribution in [-0.2, 0) is 4.79 Å². The monoisotopic (exact) mass is 413 g/mol. The summed E-state index contributed by atoms with van der Waals surface area (Å²) < 4.78 is 1.29. The Morgan fingerprint density at radius 1 is 1.11 bits per heavy atom. The number of nitrogens with zero attached hydrogens (tertiary/aromatic N) is 2. The molecule has 0 spiro atoms. The van der Waals surface area contributed by atoms with Crippen LogP contribution in [0.3, 0.4) is 0 Å². The second-order valence-corrected chi connectivity index (χ2v) is 8.24. The van der Waals surface area contributed by atoms with Gasteiger partial charge in [-0.3, -0.25) is 9.59 Å². The number of carbonyl (C=O) groups excluding carboxylic acids is 1. The molecule has 5 nitrogen and oxygen atoms in total. The highest BCUT2D eigenvalue weighted by atomic mass is 35.5. The van der Waals surface area contributed by atoms with Crippen LogP contribution in [-0.4, -0.2) is 20.9 Å².